The summed E-state index contributed by atoms with van der Waals surface area (Å²) in [4.78, 5) is 18.8. The van der Waals surface area contributed by atoms with Crippen molar-refractivity contribution in [3.63, 3.8) is 0 Å². The van der Waals surface area contributed by atoms with Crippen LogP contribution in [-0.2, 0) is 24.2 Å². The normalized spacial score (nSPS) is 17.7. The van der Waals surface area contributed by atoms with Crippen molar-refractivity contribution in [1.29, 1.82) is 0 Å². The number of halogens is 1. The Hall–Kier alpha value is -1.39. The van der Waals surface area contributed by atoms with Gasteiger partial charge in [0.2, 0.25) is 5.91 Å². The van der Waals surface area contributed by atoms with Gasteiger partial charge in [-0.25, -0.2) is 0 Å². The molecular formula is C21H38IN7O. The number of likely N-dealkylation sites (tertiary alicyclic amines) is 1. The summed E-state index contributed by atoms with van der Waals surface area (Å²) in [7, 11) is 1.71. The van der Waals surface area contributed by atoms with Crippen molar-refractivity contribution in [3.05, 3.63) is 11.6 Å². The van der Waals surface area contributed by atoms with Gasteiger partial charge < -0.3 is 20.1 Å². The molecule has 2 N–H and O–H groups in total. The highest BCUT2D eigenvalue weighted by Gasteiger charge is 2.23. The van der Waals surface area contributed by atoms with Crippen molar-refractivity contribution in [2.24, 2.45) is 10.9 Å². The fourth-order valence-corrected chi connectivity index (χ4v) is 4.29. The largest absolute Gasteiger partial charge is 0.359 e. The molecule has 1 aromatic heterocycles. The molecule has 0 radical (unpaired) electrons. The Bertz CT molecular complexity index is 683. The number of nitrogens with zero attached hydrogens (tertiary/aromatic N) is 5. The lowest BCUT2D eigenvalue weighted by atomic mass is 9.93. The van der Waals surface area contributed by atoms with Crippen molar-refractivity contribution < 1.29 is 4.79 Å². The minimum absolute atomic E-state index is 0. The van der Waals surface area contributed by atoms with E-state index in [1.54, 1.807) is 7.05 Å². The molecular weight excluding hydrogens is 493 g/mol. The van der Waals surface area contributed by atoms with Gasteiger partial charge in [-0.1, -0.05) is 6.42 Å². The average Bonchev–Trinajstić information content (AvgIpc) is 2.96. The molecule has 1 aromatic rings. The van der Waals surface area contributed by atoms with Gasteiger partial charge in [-0.3, -0.25) is 9.79 Å². The van der Waals surface area contributed by atoms with Crippen LogP contribution >= 0.6 is 24.0 Å². The summed E-state index contributed by atoms with van der Waals surface area (Å²) in [5.74, 6) is 3.92. The predicted molar refractivity (Wildman–Crippen MR) is 130 cm³/mol. The molecule has 170 valence electrons. The molecule has 0 saturated carbocycles. The van der Waals surface area contributed by atoms with E-state index in [-0.39, 0.29) is 29.9 Å². The maximum atomic E-state index is 11.6. The van der Waals surface area contributed by atoms with Crippen LogP contribution in [0.15, 0.2) is 4.99 Å². The van der Waals surface area contributed by atoms with Crippen molar-refractivity contribution in [1.82, 2.24) is 30.3 Å². The first-order valence-electron chi connectivity index (χ1n) is 11.4. The quantitative estimate of drug-likeness (QED) is 0.244. The van der Waals surface area contributed by atoms with Crippen LogP contribution in [-0.4, -0.2) is 64.8 Å². The van der Waals surface area contributed by atoms with E-state index >= 15 is 0 Å². The van der Waals surface area contributed by atoms with Crippen LogP contribution in [0.25, 0.3) is 0 Å². The van der Waals surface area contributed by atoms with E-state index in [1.165, 1.54) is 19.3 Å². The molecule has 3 rings (SSSR count). The number of piperidine rings is 1. The van der Waals surface area contributed by atoms with Crippen LogP contribution in [0.3, 0.4) is 0 Å². The maximum absolute atomic E-state index is 11.6. The van der Waals surface area contributed by atoms with E-state index in [9.17, 15) is 4.79 Å². The van der Waals surface area contributed by atoms with Gasteiger partial charge in [-0.15, -0.1) is 34.2 Å². The standard InChI is InChI=1S/C21H37N7O.HI/c1-3-23-21(27-14-10-17(11-15-27)16-20(29)22-2)24-12-7-9-19-26-25-18-8-5-4-6-13-28(18)19;/h17H,3-16H2,1-2H3,(H,22,29)(H,23,24);1H. The van der Waals surface area contributed by atoms with E-state index in [0.29, 0.717) is 12.3 Å². The Kier molecular flexibility index (Phi) is 10.9. The molecule has 0 aliphatic carbocycles. The number of carbonyl (C=O) groups excluding carboxylic acids is 1. The number of fused-ring (bicyclic) bond motifs is 1. The highest BCUT2D eigenvalue weighted by molar-refractivity contribution is 14.0. The number of aryl methyl sites for hydroxylation is 2. The molecule has 2 aliphatic rings. The van der Waals surface area contributed by atoms with E-state index in [4.69, 9.17) is 4.99 Å². The summed E-state index contributed by atoms with van der Waals surface area (Å²) in [6.45, 7) is 6.77. The number of hydrogen-bond acceptors (Lipinski definition) is 4. The van der Waals surface area contributed by atoms with E-state index in [1.807, 2.05) is 0 Å². The molecule has 1 saturated heterocycles. The number of aromatic nitrogens is 3. The number of amides is 1. The summed E-state index contributed by atoms with van der Waals surface area (Å²) in [5.41, 5.74) is 0. The van der Waals surface area contributed by atoms with Gasteiger partial charge in [0.25, 0.3) is 0 Å². The third-order valence-corrected chi connectivity index (χ3v) is 6.01. The lowest BCUT2D eigenvalue weighted by Gasteiger charge is -2.34. The second-order valence-corrected chi connectivity index (χ2v) is 8.14. The molecule has 3 heterocycles. The lowest BCUT2D eigenvalue weighted by molar-refractivity contribution is -0.121. The molecule has 9 heteroatoms. The Morgan fingerprint density at radius 1 is 1.17 bits per heavy atom. The highest BCUT2D eigenvalue weighted by atomic mass is 127. The van der Waals surface area contributed by atoms with E-state index in [0.717, 1.165) is 82.4 Å². The van der Waals surface area contributed by atoms with Crippen LogP contribution in [0.2, 0.25) is 0 Å². The SMILES string of the molecule is CCNC(=NCCCc1nnc2n1CCCCC2)N1CCC(CC(=O)NC)CC1.I. The topological polar surface area (TPSA) is 87.4 Å². The molecule has 2 aliphatic heterocycles. The zero-order valence-corrected chi connectivity index (χ0v) is 20.9. The zero-order valence-electron chi connectivity index (χ0n) is 18.5. The van der Waals surface area contributed by atoms with Gasteiger partial charge in [-0.2, -0.15) is 0 Å². The number of aliphatic imine (C=N–C) groups is 1. The number of rotatable bonds is 7. The highest BCUT2D eigenvalue weighted by Crippen LogP contribution is 2.20. The van der Waals surface area contributed by atoms with Gasteiger partial charge in [0.15, 0.2) is 5.96 Å². The number of guanidine groups is 1. The summed E-state index contributed by atoms with van der Waals surface area (Å²) >= 11 is 0. The molecule has 0 atom stereocenters. The summed E-state index contributed by atoms with van der Waals surface area (Å²) < 4.78 is 2.33. The third kappa shape index (κ3) is 7.09. The molecule has 0 spiro atoms. The van der Waals surface area contributed by atoms with Gasteiger partial charge in [0.1, 0.15) is 11.6 Å². The van der Waals surface area contributed by atoms with Gasteiger partial charge in [0, 0.05) is 59.0 Å². The first-order valence-corrected chi connectivity index (χ1v) is 11.4. The van der Waals surface area contributed by atoms with E-state index < -0.39 is 0 Å². The fourth-order valence-electron chi connectivity index (χ4n) is 4.29. The maximum Gasteiger partial charge on any atom is 0.220 e. The molecule has 0 unspecified atom stereocenters. The Labute approximate surface area is 197 Å². The van der Waals surface area contributed by atoms with Crippen molar-refractivity contribution in [2.45, 2.75) is 71.3 Å². The second kappa shape index (κ2) is 13.1. The second-order valence-electron chi connectivity index (χ2n) is 8.14. The minimum Gasteiger partial charge on any atom is -0.359 e. The first kappa shape index (κ1) is 24.9. The van der Waals surface area contributed by atoms with E-state index in [2.05, 4.69) is 37.2 Å². The van der Waals surface area contributed by atoms with Crippen LogP contribution in [0.5, 0.6) is 0 Å². The van der Waals surface area contributed by atoms with Gasteiger partial charge >= 0.3 is 0 Å². The summed E-state index contributed by atoms with van der Waals surface area (Å²) in [6, 6.07) is 0. The first-order chi connectivity index (χ1) is 14.2. The molecule has 0 aromatic carbocycles. The molecule has 30 heavy (non-hydrogen) atoms. The van der Waals surface area contributed by atoms with Crippen LogP contribution < -0.4 is 10.6 Å². The fraction of sp³-hybridized carbons (Fsp3) is 0.810. The smallest absolute Gasteiger partial charge is 0.220 e. The number of hydrogen-bond donors (Lipinski definition) is 2. The van der Waals surface area contributed by atoms with Gasteiger partial charge in [-0.05, 0) is 44.9 Å². The van der Waals surface area contributed by atoms with Crippen LogP contribution in [0.4, 0.5) is 0 Å². The zero-order chi connectivity index (χ0) is 20.5. The Balaban J connectivity index is 0.00000320. The third-order valence-electron chi connectivity index (χ3n) is 6.01. The summed E-state index contributed by atoms with van der Waals surface area (Å²) in [5, 5.41) is 15.0. The predicted octanol–water partition coefficient (Wildman–Crippen LogP) is 2.37. The Morgan fingerprint density at radius 3 is 2.70 bits per heavy atom. The number of carbonyl (C=O) groups is 1. The van der Waals surface area contributed by atoms with Crippen LogP contribution in [0, 0.1) is 5.92 Å². The molecule has 1 amide bonds. The van der Waals surface area contributed by atoms with Crippen molar-refractivity contribution in [2.75, 3.05) is 33.2 Å². The number of nitrogens with one attached hydrogen (secondary N) is 2. The average molecular weight is 531 g/mol. The molecule has 0 bridgehead atoms. The van der Waals surface area contributed by atoms with Gasteiger partial charge in [0.05, 0.1) is 0 Å². The minimum atomic E-state index is 0. The Morgan fingerprint density at radius 2 is 1.97 bits per heavy atom. The monoisotopic (exact) mass is 531 g/mol. The lowest BCUT2D eigenvalue weighted by Crippen LogP contribution is -2.46. The molecule has 8 nitrogen and oxygen atoms in total. The molecule has 1 fully saturated rings. The van der Waals surface area contributed by atoms with Crippen molar-refractivity contribution in [3.8, 4) is 0 Å². The van der Waals surface area contributed by atoms with Crippen LogP contribution in [0.1, 0.15) is 63.5 Å². The van der Waals surface area contributed by atoms with Crippen molar-refractivity contribution >= 4 is 35.8 Å². The summed E-state index contributed by atoms with van der Waals surface area (Å²) in [6.07, 6.45) is 9.47.